The second-order valence-electron chi connectivity index (χ2n) is 5.31. The van der Waals surface area contributed by atoms with Gasteiger partial charge in [-0.2, -0.15) is 0 Å². The number of hydrogen-bond donors (Lipinski definition) is 2. The van der Waals surface area contributed by atoms with Gasteiger partial charge in [0.25, 0.3) is 0 Å². The summed E-state index contributed by atoms with van der Waals surface area (Å²) in [6, 6.07) is 13.7. The number of benzene rings is 1. The molecule has 134 valence electrons. The third-order valence-corrected chi connectivity index (χ3v) is 3.42. The monoisotopic (exact) mass is 342 g/mol. The molecule has 0 bridgehead atoms. The lowest BCUT2D eigenvalue weighted by molar-refractivity contribution is 0.311. The number of para-hydroxylation sites is 1. The second-order valence-corrected chi connectivity index (χ2v) is 5.31. The van der Waals surface area contributed by atoms with Crippen molar-refractivity contribution in [2.75, 3.05) is 26.8 Å². The largest absolute Gasteiger partial charge is 0.494 e. The van der Waals surface area contributed by atoms with Crippen LogP contribution < -0.4 is 20.1 Å². The van der Waals surface area contributed by atoms with E-state index in [4.69, 9.17) is 9.47 Å². The first-order chi connectivity index (χ1) is 12.3. The molecule has 1 aromatic carbocycles. The lowest BCUT2D eigenvalue weighted by Crippen LogP contribution is -2.38. The second kappa shape index (κ2) is 10.9. The summed E-state index contributed by atoms with van der Waals surface area (Å²) in [6.45, 7) is 4.79. The lowest BCUT2D eigenvalue weighted by Gasteiger charge is -2.12. The van der Waals surface area contributed by atoms with Gasteiger partial charge in [-0.25, -0.2) is 9.98 Å². The Morgan fingerprint density at radius 1 is 1.12 bits per heavy atom. The summed E-state index contributed by atoms with van der Waals surface area (Å²) >= 11 is 0. The van der Waals surface area contributed by atoms with Gasteiger partial charge in [-0.3, -0.25) is 0 Å². The molecule has 0 unspecified atom stereocenters. The predicted octanol–water partition coefficient (Wildman–Crippen LogP) is 2.61. The molecule has 0 aliphatic carbocycles. The SMILES string of the molecule is CCNC(=NCc1cccnc1OC)NCCCOc1ccccc1. The van der Waals surface area contributed by atoms with Crippen LogP contribution in [-0.4, -0.2) is 37.7 Å². The van der Waals surface area contributed by atoms with Gasteiger partial charge in [0.15, 0.2) is 5.96 Å². The van der Waals surface area contributed by atoms with Crippen molar-refractivity contribution in [3.63, 3.8) is 0 Å². The van der Waals surface area contributed by atoms with Gasteiger partial charge in [-0.05, 0) is 31.5 Å². The van der Waals surface area contributed by atoms with E-state index in [1.807, 2.05) is 49.4 Å². The van der Waals surface area contributed by atoms with Crippen molar-refractivity contribution in [3.8, 4) is 11.6 Å². The first-order valence-electron chi connectivity index (χ1n) is 8.51. The van der Waals surface area contributed by atoms with Gasteiger partial charge in [0.1, 0.15) is 5.75 Å². The van der Waals surface area contributed by atoms with Crippen molar-refractivity contribution in [2.45, 2.75) is 19.9 Å². The molecule has 25 heavy (non-hydrogen) atoms. The number of ether oxygens (including phenoxy) is 2. The van der Waals surface area contributed by atoms with E-state index in [0.29, 0.717) is 19.0 Å². The molecule has 2 N–H and O–H groups in total. The van der Waals surface area contributed by atoms with E-state index >= 15 is 0 Å². The molecule has 0 amide bonds. The van der Waals surface area contributed by atoms with Gasteiger partial charge < -0.3 is 20.1 Å². The molecule has 6 heteroatoms. The summed E-state index contributed by atoms with van der Waals surface area (Å²) in [5.41, 5.74) is 0.953. The molecule has 2 aromatic rings. The van der Waals surface area contributed by atoms with E-state index in [-0.39, 0.29) is 0 Å². The summed E-state index contributed by atoms with van der Waals surface area (Å²) in [4.78, 5) is 8.77. The summed E-state index contributed by atoms with van der Waals surface area (Å²) < 4.78 is 10.9. The molecule has 0 fully saturated rings. The maximum atomic E-state index is 5.68. The van der Waals surface area contributed by atoms with Crippen molar-refractivity contribution >= 4 is 5.96 Å². The zero-order chi connectivity index (χ0) is 17.7. The molecule has 0 atom stereocenters. The highest BCUT2D eigenvalue weighted by atomic mass is 16.5. The van der Waals surface area contributed by atoms with Gasteiger partial charge in [0, 0.05) is 24.8 Å². The van der Waals surface area contributed by atoms with E-state index in [0.717, 1.165) is 36.8 Å². The molecule has 1 aromatic heterocycles. The highest BCUT2D eigenvalue weighted by molar-refractivity contribution is 5.79. The fraction of sp³-hybridized carbons (Fsp3) is 0.368. The lowest BCUT2D eigenvalue weighted by atomic mass is 10.3. The van der Waals surface area contributed by atoms with Crippen molar-refractivity contribution in [1.82, 2.24) is 15.6 Å². The molecule has 0 saturated carbocycles. The minimum absolute atomic E-state index is 0.507. The zero-order valence-electron chi connectivity index (χ0n) is 14.9. The van der Waals surface area contributed by atoms with Crippen LogP contribution in [0.25, 0.3) is 0 Å². The van der Waals surface area contributed by atoms with Crippen LogP contribution in [-0.2, 0) is 6.54 Å². The Bertz CT molecular complexity index is 647. The normalized spacial score (nSPS) is 11.0. The van der Waals surface area contributed by atoms with Gasteiger partial charge in [-0.1, -0.05) is 24.3 Å². The summed E-state index contributed by atoms with van der Waals surface area (Å²) in [6.07, 6.45) is 2.60. The number of nitrogens with zero attached hydrogens (tertiary/aromatic N) is 2. The van der Waals surface area contributed by atoms with Crippen LogP contribution in [0, 0.1) is 0 Å². The molecule has 0 radical (unpaired) electrons. The summed E-state index contributed by atoms with van der Waals surface area (Å²) in [5, 5.41) is 6.55. The highest BCUT2D eigenvalue weighted by Gasteiger charge is 2.03. The van der Waals surface area contributed by atoms with E-state index < -0.39 is 0 Å². The molecule has 0 spiro atoms. The Morgan fingerprint density at radius 3 is 2.72 bits per heavy atom. The minimum atomic E-state index is 0.507. The Morgan fingerprint density at radius 2 is 1.96 bits per heavy atom. The highest BCUT2D eigenvalue weighted by Crippen LogP contribution is 2.14. The van der Waals surface area contributed by atoms with Crippen LogP contribution in [0.15, 0.2) is 53.7 Å². The van der Waals surface area contributed by atoms with E-state index in [1.165, 1.54) is 0 Å². The maximum Gasteiger partial charge on any atom is 0.218 e. The smallest absolute Gasteiger partial charge is 0.218 e. The van der Waals surface area contributed by atoms with Gasteiger partial charge in [0.2, 0.25) is 5.88 Å². The van der Waals surface area contributed by atoms with Crippen LogP contribution in [0.5, 0.6) is 11.6 Å². The van der Waals surface area contributed by atoms with Crippen LogP contribution in [0.1, 0.15) is 18.9 Å². The van der Waals surface area contributed by atoms with E-state index in [1.54, 1.807) is 13.3 Å². The van der Waals surface area contributed by atoms with E-state index in [2.05, 4.69) is 20.6 Å². The molecule has 6 nitrogen and oxygen atoms in total. The van der Waals surface area contributed by atoms with Crippen LogP contribution in [0.2, 0.25) is 0 Å². The Hall–Kier alpha value is -2.76. The molecule has 0 aliphatic heterocycles. The Kier molecular flexibility index (Phi) is 8.11. The fourth-order valence-corrected chi connectivity index (χ4v) is 2.22. The number of pyridine rings is 1. The van der Waals surface area contributed by atoms with Crippen LogP contribution >= 0.6 is 0 Å². The predicted molar refractivity (Wildman–Crippen MR) is 100 cm³/mol. The fourth-order valence-electron chi connectivity index (χ4n) is 2.22. The topological polar surface area (TPSA) is 67.8 Å². The Labute approximate surface area is 149 Å². The number of aliphatic imine (C=N–C) groups is 1. The first-order valence-corrected chi connectivity index (χ1v) is 8.51. The van der Waals surface area contributed by atoms with Gasteiger partial charge in [-0.15, -0.1) is 0 Å². The molecule has 1 heterocycles. The molecule has 0 aliphatic rings. The standard InChI is InChI=1S/C19H26N4O2/c1-3-20-19(23-15-16-9-7-12-21-18(16)24-2)22-13-8-14-25-17-10-5-4-6-11-17/h4-7,9-12H,3,8,13-15H2,1-2H3,(H2,20,22,23). The average Bonchev–Trinajstić information content (AvgIpc) is 2.66. The summed E-state index contributed by atoms with van der Waals surface area (Å²) in [7, 11) is 1.62. The number of rotatable bonds is 9. The number of guanidine groups is 1. The van der Waals surface area contributed by atoms with Crippen LogP contribution in [0.3, 0.4) is 0 Å². The third-order valence-electron chi connectivity index (χ3n) is 3.42. The number of hydrogen-bond acceptors (Lipinski definition) is 4. The maximum absolute atomic E-state index is 5.68. The van der Waals surface area contributed by atoms with Crippen molar-refractivity contribution < 1.29 is 9.47 Å². The molecule has 2 rings (SSSR count). The third kappa shape index (κ3) is 6.71. The molecule has 0 saturated heterocycles. The number of nitrogens with one attached hydrogen (secondary N) is 2. The van der Waals surface area contributed by atoms with E-state index in [9.17, 15) is 0 Å². The average molecular weight is 342 g/mol. The first kappa shape index (κ1) is 18.6. The Balaban J connectivity index is 1.77. The number of aromatic nitrogens is 1. The van der Waals surface area contributed by atoms with Crippen molar-refractivity contribution in [1.29, 1.82) is 0 Å². The molecular formula is C19H26N4O2. The van der Waals surface area contributed by atoms with Gasteiger partial charge in [0.05, 0.1) is 20.3 Å². The van der Waals surface area contributed by atoms with Crippen molar-refractivity contribution in [3.05, 3.63) is 54.2 Å². The molecular weight excluding hydrogens is 316 g/mol. The van der Waals surface area contributed by atoms with Gasteiger partial charge >= 0.3 is 0 Å². The van der Waals surface area contributed by atoms with Crippen LogP contribution in [0.4, 0.5) is 0 Å². The minimum Gasteiger partial charge on any atom is -0.494 e. The quantitative estimate of drug-likeness (QED) is 0.416. The van der Waals surface area contributed by atoms with Crippen molar-refractivity contribution in [2.24, 2.45) is 4.99 Å². The zero-order valence-corrected chi connectivity index (χ0v) is 14.9. The summed E-state index contributed by atoms with van der Waals surface area (Å²) in [5.74, 6) is 2.28. The number of methoxy groups -OCH3 is 1.